The third-order valence-corrected chi connectivity index (χ3v) is 2.42. The summed E-state index contributed by atoms with van der Waals surface area (Å²) in [5, 5.41) is 3.80. The third-order valence-electron chi connectivity index (χ3n) is 2.42. The highest BCUT2D eigenvalue weighted by molar-refractivity contribution is 5.53. The Labute approximate surface area is 89.1 Å². The smallest absolute Gasteiger partial charge is 0.263 e. The lowest BCUT2D eigenvalue weighted by Crippen LogP contribution is -2.33. The molecule has 0 radical (unpaired) electrons. The van der Waals surface area contributed by atoms with Crippen LogP contribution in [0.4, 0.5) is 14.5 Å². The van der Waals surface area contributed by atoms with Crippen molar-refractivity contribution in [3.05, 3.63) is 29.3 Å². The van der Waals surface area contributed by atoms with Crippen molar-refractivity contribution in [1.29, 1.82) is 0 Å². The van der Waals surface area contributed by atoms with Crippen LogP contribution in [0.2, 0.25) is 0 Å². The second-order valence-electron chi connectivity index (χ2n) is 3.72. The summed E-state index contributed by atoms with van der Waals surface area (Å²) in [4.78, 5) is 0. The number of anilines is 1. The van der Waals surface area contributed by atoms with E-state index in [1.807, 2.05) is 38.1 Å². The second kappa shape index (κ2) is 4.57. The fourth-order valence-electron chi connectivity index (χ4n) is 1.39. The first-order valence-electron chi connectivity index (χ1n) is 4.73. The first-order valence-corrected chi connectivity index (χ1v) is 4.73. The molecule has 1 rings (SSSR count). The highest BCUT2D eigenvalue weighted by Crippen LogP contribution is 2.26. The van der Waals surface area contributed by atoms with Crippen LogP contribution in [0.1, 0.15) is 17.6 Å². The Bertz CT molecular complexity index is 337. The summed E-state index contributed by atoms with van der Waals surface area (Å²) in [5.41, 5.74) is 1.86. The third kappa shape index (κ3) is 2.65. The molecule has 1 aromatic rings. The molecule has 15 heavy (non-hydrogen) atoms. The van der Waals surface area contributed by atoms with Crippen LogP contribution in [-0.4, -0.2) is 26.2 Å². The minimum absolute atomic E-state index is 0.0726. The predicted octanol–water partition coefficient (Wildman–Crippen LogP) is 2.85. The molecule has 0 saturated heterocycles. The molecule has 0 aromatic heterocycles. The van der Waals surface area contributed by atoms with Crippen LogP contribution < -0.4 is 5.01 Å². The van der Waals surface area contributed by atoms with E-state index in [1.165, 1.54) is 12.1 Å². The highest BCUT2D eigenvalue weighted by Gasteiger charge is 2.11. The van der Waals surface area contributed by atoms with E-state index in [-0.39, 0.29) is 5.56 Å². The number of hydrazine groups is 1. The molecule has 0 heterocycles. The number of hydrogen-bond donors (Lipinski definition) is 0. The minimum atomic E-state index is -2.40. The van der Waals surface area contributed by atoms with E-state index in [4.69, 9.17) is 0 Å². The zero-order valence-electron chi connectivity index (χ0n) is 9.46. The quantitative estimate of drug-likeness (QED) is 0.714. The molecule has 4 heteroatoms. The van der Waals surface area contributed by atoms with Crippen LogP contribution in [0.25, 0.3) is 0 Å². The van der Waals surface area contributed by atoms with Gasteiger partial charge in [0.2, 0.25) is 0 Å². The fourth-order valence-corrected chi connectivity index (χ4v) is 1.39. The molecular formula is C11H16F2N2. The lowest BCUT2D eigenvalue weighted by atomic mass is 10.1. The maximum atomic E-state index is 12.4. The zero-order chi connectivity index (χ0) is 11.6. The topological polar surface area (TPSA) is 6.48 Å². The summed E-state index contributed by atoms with van der Waals surface area (Å²) < 4.78 is 24.8. The lowest BCUT2D eigenvalue weighted by molar-refractivity contribution is 0.151. The summed E-state index contributed by atoms with van der Waals surface area (Å²) in [6, 6.07) is 4.71. The average molecular weight is 214 g/mol. The van der Waals surface area contributed by atoms with Crippen molar-refractivity contribution in [2.45, 2.75) is 13.3 Å². The van der Waals surface area contributed by atoms with E-state index in [1.54, 1.807) is 6.07 Å². The van der Waals surface area contributed by atoms with E-state index in [0.717, 1.165) is 11.3 Å². The monoisotopic (exact) mass is 214 g/mol. The normalized spacial score (nSPS) is 11.2. The van der Waals surface area contributed by atoms with E-state index in [2.05, 4.69) is 0 Å². The molecule has 0 saturated carbocycles. The summed E-state index contributed by atoms with van der Waals surface area (Å²) in [5.74, 6) is 0. The molecule has 84 valence electrons. The van der Waals surface area contributed by atoms with Crippen LogP contribution in [0.15, 0.2) is 18.2 Å². The molecule has 0 fully saturated rings. The van der Waals surface area contributed by atoms with Gasteiger partial charge in [-0.25, -0.2) is 13.8 Å². The van der Waals surface area contributed by atoms with Gasteiger partial charge in [-0.15, -0.1) is 0 Å². The van der Waals surface area contributed by atoms with Crippen LogP contribution in [0.5, 0.6) is 0 Å². The molecule has 0 atom stereocenters. The van der Waals surface area contributed by atoms with Crippen molar-refractivity contribution in [2.24, 2.45) is 0 Å². The minimum Gasteiger partial charge on any atom is -0.309 e. The number of benzene rings is 1. The highest BCUT2D eigenvalue weighted by atomic mass is 19.3. The van der Waals surface area contributed by atoms with Crippen molar-refractivity contribution in [2.75, 3.05) is 26.2 Å². The number of aryl methyl sites for hydroxylation is 1. The Balaban J connectivity index is 3.03. The van der Waals surface area contributed by atoms with Gasteiger partial charge in [0.15, 0.2) is 0 Å². The summed E-state index contributed by atoms with van der Waals surface area (Å²) >= 11 is 0. The van der Waals surface area contributed by atoms with E-state index in [0.29, 0.717) is 0 Å². The van der Waals surface area contributed by atoms with Crippen LogP contribution >= 0.6 is 0 Å². The largest absolute Gasteiger partial charge is 0.309 e. The van der Waals surface area contributed by atoms with E-state index >= 15 is 0 Å². The average Bonchev–Trinajstić information content (AvgIpc) is 2.16. The Hall–Kier alpha value is -1.16. The molecule has 0 unspecified atom stereocenters. The van der Waals surface area contributed by atoms with E-state index < -0.39 is 6.43 Å². The molecule has 0 aliphatic carbocycles. The second-order valence-corrected chi connectivity index (χ2v) is 3.72. The zero-order valence-corrected chi connectivity index (χ0v) is 9.46. The molecular weight excluding hydrogens is 198 g/mol. The maximum absolute atomic E-state index is 12.4. The summed E-state index contributed by atoms with van der Waals surface area (Å²) in [7, 11) is 5.70. The summed E-state index contributed by atoms with van der Waals surface area (Å²) in [6.45, 7) is 1.83. The van der Waals surface area contributed by atoms with Gasteiger partial charge in [0.25, 0.3) is 6.43 Å². The standard InChI is InChI=1S/C11H16F2N2/c1-8-7-9(11(12)13)5-6-10(8)15(4)14(2)3/h5-7,11H,1-4H3. The van der Waals surface area contributed by atoms with Crippen LogP contribution in [0.3, 0.4) is 0 Å². The van der Waals surface area contributed by atoms with Gasteiger partial charge in [0, 0.05) is 26.7 Å². The molecule has 0 N–H and O–H groups in total. The molecule has 0 aliphatic heterocycles. The van der Waals surface area contributed by atoms with Crippen molar-refractivity contribution in [1.82, 2.24) is 5.01 Å². The van der Waals surface area contributed by atoms with Crippen LogP contribution in [-0.2, 0) is 0 Å². The van der Waals surface area contributed by atoms with Gasteiger partial charge in [-0.05, 0) is 24.6 Å². The lowest BCUT2D eigenvalue weighted by Gasteiger charge is -2.28. The summed E-state index contributed by atoms with van der Waals surface area (Å²) in [6.07, 6.45) is -2.40. The molecule has 0 bridgehead atoms. The number of hydrogen-bond acceptors (Lipinski definition) is 2. The molecule has 0 spiro atoms. The molecule has 0 aliphatic rings. The van der Waals surface area contributed by atoms with Gasteiger partial charge in [-0.2, -0.15) is 0 Å². The Morgan fingerprint density at radius 2 is 1.73 bits per heavy atom. The van der Waals surface area contributed by atoms with Gasteiger partial charge < -0.3 is 5.01 Å². The first-order chi connectivity index (χ1) is 6.93. The Kier molecular flexibility index (Phi) is 3.63. The molecule has 2 nitrogen and oxygen atoms in total. The SMILES string of the molecule is Cc1cc(C(F)F)ccc1N(C)N(C)C. The number of rotatable bonds is 3. The number of alkyl halides is 2. The van der Waals surface area contributed by atoms with Crippen molar-refractivity contribution in [3.8, 4) is 0 Å². The van der Waals surface area contributed by atoms with Gasteiger partial charge >= 0.3 is 0 Å². The number of halogens is 2. The first kappa shape index (κ1) is 11.9. The predicted molar refractivity (Wildman–Crippen MR) is 58.2 cm³/mol. The molecule has 0 amide bonds. The van der Waals surface area contributed by atoms with Gasteiger partial charge in [0.1, 0.15) is 0 Å². The fraction of sp³-hybridized carbons (Fsp3) is 0.455. The van der Waals surface area contributed by atoms with Crippen molar-refractivity contribution in [3.63, 3.8) is 0 Å². The van der Waals surface area contributed by atoms with Gasteiger partial charge in [0.05, 0.1) is 5.69 Å². The van der Waals surface area contributed by atoms with Crippen molar-refractivity contribution < 1.29 is 8.78 Å². The Morgan fingerprint density at radius 3 is 2.13 bits per heavy atom. The maximum Gasteiger partial charge on any atom is 0.263 e. The van der Waals surface area contributed by atoms with E-state index in [9.17, 15) is 8.78 Å². The van der Waals surface area contributed by atoms with Crippen molar-refractivity contribution >= 4 is 5.69 Å². The van der Waals surface area contributed by atoms with Gasteiger partial charge in [-0.3, -0.25) is 0 Å². The molecule has 1 aromatic carbocycles. The number of nitrogens with zero attached hydrogens (tertiary/aromatic N) is 2. The Morgan fingerprint density at radius 1 is 1.13 bits per heavy atom. The van der Waals surface area contributed by atoms with Crippen LogP contribution in [0, 0.1) is 6.92 Å². The van der Waals surface area contributed by atoms with Gasteiger partial charge in [-0.1, -0.05) is 6.07 Å².